The van der Waals surface area contributed by atoms with E-state index in [9.17, 15) is 0 Å². The number of hydrogen-bond acceptors (Lipinski definition) is 2. The maximum atomic E-state index is 2.43. The zero-order valence-electron chi connectivity index (χ0n) is 41.0. The Hall–Kier alpha value is -7.94. The maximum absolute atomic E-state index is 2.43. The molecule has 2 nitrogen and oxygen atoms in total. The molecule has 1 atom stereocenters. The van der Waals surface area contributed by atoms with E-state index in [1.165, 1.54) is 83.5 Å². The van der Waals surface area contributed by atoms with Crippen LogP contribution >= 0.6 is 0 Å². The van der Waals surface area contributed by atoms with E-state index in [4.69, 9.17) is 0 Å². The van der Waals surface area contributed by atoms with E-state index in [0.29, 0.717) is 5.92 Å². The van der Waals surface area contributed by atoms with Crippen molar-refractivity contribution in [1.82, 2.24) is 0 Å². The molecule has 12 rings (SSSR count). The minimum Gasteiger partial charge on any atom is -0.311 e. The highest BCUT2D eigenvalue weighted by molar-refractivity contribution is 5.87. The number of rotatable bonds is 9. The molecular formula is C68H58N2. The van der Waals surface area contributed by atoms with Gasteiger partial charge in [-0.1, -0.05) is 184 Å². The van der Waals surface area contributed by atoms with Crippen molar-refractivity contribution in [3.05, 3.63) is 269 Å². The summed E-state index contributed by atoms with van der Waals surface area (Å²) in [5.74, 6) is 0.339. The van der Waals surface area contributed by atoms with Crippen molar-refractivity contribution in [1.29, 1.82) is 0 Å². The third-order valence-electron chi connectivity index (χ3n) is 15.6. The summed E-state index contributed by atoms with van der Waals surface area (Å²) >= 11 is 0. The van der Waals surface area contributed by atoms with Crippen LogP contribution in [-0.2, 0) is 10.8 Å². The lowest BCUT2D eigenvalue weighted by molar-refractivity contribution is 0.649. The fourth-order valence-electron chi connectivity index (χ4n) is 11.7. The lowest BCUT2D eigenvalue weighted by Crippen LogP contribution is -2.17. The van der Waals surface area contributed by atoms with Crippen LogP contribution < -0.4 is 9.80 Å². The second-order valence-corrected chi connectivity index (χ2v) is 20.7. The summed E-state index contributed by atoms with van der Waals surface area (Å²) in [5, 5.41) is 0. The summed E-state index contributed by atoms with van der Waals surface area (Å²) in [6, 6.07) is 78.9. The monoisotopic (exact) mass is 902 g/mol. The molecule has 0 aromatic heterocycles. The van der Waals surface area contributed by atoms with E-state index in [2.05, 4.69) is 276 Å². The highest BCUT2D eigenvalue weighted by Gasteiger charge is 2.38. The maximum Gasteiger partial charge on any atom is 0.0462 e. The van der Waals surface area contributed by atoms with Crippen molar-refractivity contribution in [2.45, 2.75) is 64.7 Å². The van der Waals surface area contributed by atoms with Gasteiger partial charge < -0.3 is 9.80 Å². The van der Waals surface area contributed by atoms with Gasteiger partial charge in [0.2, 0.25) is 0 Å². The number of benzene rings is 9. The summed E-state index contributed by atoms with van der Waals surface area (Å²) < 4.78 is 0. The zero-order chi connectivity index (χ0) is 47.7. The second kappa shape index (κ2) is 16.9. The van der Waals surface area contributed by atoms with Gasteiger partial charge in [0.15, 0.2) is 0 Å². The molecule has 0 aliphatic heterocycles. The van der Waals surface area contributed by atoms with Crippen molar-refractivity contribution in [3.8, 4) is 33.4 Å². The van der Waals surface area contributed by atoms with Gasteiger partial charge in [-0.2, -0.15) is 0 Å². The molecule has 3 aliphatic rings. The quantitative estimate of drug-likeness (QED) is 0.142. The predicted octanol–water partition coefficient (Wildman–Crippen LogP) is 18.7. The molecule has 0 saturated heterocycles. The predicted molar refractivity (Wildman–Crippen MR) is 297 cm³/mol. The topological polar surface area (TPSA) is 6.48 Å². The Balaban J connectivity index is 0.807. The third-order valence-corrected chi connectivity index (χ3v) is 15.6. The number of allylic oxidation sites excluding steroid dienone is 4. The summed E-state index contributed by atoms with van der Waals surface area (Å²) in [6.07, 6.45) is 5.86. The zero-order valence-corrected chi connectivity index (χ0v) is 41.0. The second-order valence-electron chi connectivity index (χ2n) is 20.7. The normalized spacial score (nSPS) is 15.8. The van der Waals surface area contributed by atoms with Crippen LogP contribution in [-0.4, -0.2) is 0 Å². The van der Waals surface area contributed by atoms with Gasteiger partial charge in [0.25, 0.3) is 0 Å². The molecule has 0 N–H and O–H groups in total. The molecule has 0 amide bonds. The number of aryl methyl sites for hydroxylation is 2. The van der Waals surface area contributed by atoms with Gasteiger partial charge in [0, 0.05) is 50.9 Å². The van der Waals surface area contributed by atoms with E-state index >= 15 is 0 Å². The number of hydrogen-bond donors (Lipinski definition) is 0. The summed E-state index contributed by atoms with van der Waals surface area (Å²) in [4.78, 5) is 4.73. The molecule has 1 unspecified atom stereocenters. The van der Waals surface area contributed by atoms with Crippen LogP contribution in [0.15, 0.2) is 230 Å². The van der Waals surface area contributed by atoms with Crippen LogP contribution in [0, 0.1) is 13.8 Å². The molecule has 2 heteroatoms. The Morgan fingerprint density at radius 1 is 0.371 bits per heavy atom. The molecule has 70 heavy (non-hydrogen) atoms. The standard InChI is InChI=1S/C68H58N2/c1-45-15-29-53(30-16-45)69(57-37-23-49(24-38-57)51-27-41-65-61(43-51)59-11-7-9-13-63(59)67(65,3)4)55-33-19-47(20-34-55)48-21-35-56(36-22-48)70(54-31-17-46(2)18-32-54)58-39-25-50(26-40-58)52-28-42-66-62(44-52)60-12-8-10-14-64(60)68(66,5)6/h7-43,52H,44H2,1-6H3. The fourth-order valence-corrected chi connectivity index (χ4v) is 11.7. The molecule has 9 aromatic carbocycles. The molecule has 0 fully saturated rings. The van der Waals surface area contributed by atoms with Gasteiger partial charge in [0.05, 0.1) is 0 Å². The Labute approximate surface area is 414 Å². The smallest absolute Gasteiger partial charge is 0.0462 e. The van der Waals surface area contributed by atoms with Crippen molar-refractivity contribution in [2.75, 3.05) is 9.80 Å². The van der Waals surface area contributed by atoms with Crippen molar-refractivity contribution < 1.29 is 0 Å². The minimum absolute atomic E-state index is 0.00281. The Kier molecular flexibility index (Phi) is 10.5. The molecule has 0 bridgehead atoms. The van der Waals surface area contributed by atoms with Crippen LogP contribution in [0.1, 0.15) is 79.0 Å². The Morgan fingerprint density at radius 2 is 0.757 bits per heavy atom. The van der Waals surface area contributed by atoms with E-state index in [1.807, 2.05) is 0 Å². The van der Waals surface area contributed by atoms with Crippen molar-refractivity contribution in [2.24, 2.45) is 0 Å². The molecule has 3 aliphatic carbocycles. The number of anilines is 6. The number of nitrogens with zero attached hydrogens (tertiary/aromatic N) is 2. The largest absolute Gasteiger partial charge is 0.311 e. The molecule has 340 valence electrons. The lowest BCUT2D eigenvalue weighted by atomic mass is 9.78. The van der Waals surface area contributed by atoms with E-state index in [0.717, 1.165) is 40.5 Å². The molecule has 0 saturated carbocycles. The Morgan fingerprint density at radius 3 is 1.26 bits per heavy atom. The first-order chi connectivity index (χ1) is 34.0. The van der Waals surface area contributed by atoms with Gasteiger partial charge in [-0.25, -0.2) is 0 Å². The molecule has 0 radical (unpaired) electrons. The van der Waals surface area contributed by atoms with E-state index in [-0.39, 0.29) is 10.8 Å². The molecule has 0 heterocycles. The van der Waals surface area contributed by atoms with E-state index in [1.54, 1.807) is 0 Å². The van der Waals surface area contributed by atoms with Crippen LogP contribution in [0.25, 0.3) is 39.0 Å². The SMILES string of the molecule is Cc1ccc(N(c2ccc(-c3ccc(N(c4ccc(C)cc4)c4ccc(C5C=CC6=C(C5)c5ccccc5C6(C)C)cc4)cc3)cc2)c2ccc(-c3ccc4c(c3)-c3ccccc3C4(C)C)cc2)cc1. The van der Waals surface area contributed by atoms with Crippen LogP contribution in [0.4, 0.5) is 34.1 Å². The van der Waals surface area contributed by atoms with Crippen LogP contribution in [0.3, 0.4) is 0 Å². The average molecular weight is 903 g/mol. The van der Waals surface area contributed by atoms with Gasteiger partial charge >= 0.3 is 0 Å². The van der Waals surface area contributed by atoms with Crippen LogP contribution in [0.5, 0.6) is 0 Å². The summed E-state index contributed by atoms with van der Waals surface area (Å²) in [5.41, 5.74) is 26.8. The Bertz CT molecular complexity index is 3480. The lowest BCUT2D eigenvalue weighted by Gasteiger charge is -2.28. The van der Waals surface area contributed by atoms with Crippen molar-refractivity contribution >= 4 is 39.7 Å². The fraction of sp³-hybridized carbons (Fsp3) is 0.147. The van der Waals surface area contributed by atoms with E-state index < -0.39 is 0 Å². The summed E-state index contributed by atoms with van der Waals surface area (Å²) in [7, 11) is 0. The first-order valence-corrected chi connectivity index (χ1v) is 24.9. The highest BCUT2D eigenvalue weighted by atomic mass is 15.1. The number of fused-ring (bicyclic) bond motifs is 5. The first kappa shape index (κ1) is 43.3. The van der Waals surface area contributed by atoms with Gasteiger partial charge in [-0.3, -0.25) is 0 Å². The molecule has 9 aromatic rings. The van der Waals surface area contributed by atoms with Gasteiger partial charge in [-0.15, -0.1) is 0 Å². The minimum atomic E-state index is -0.00281. The molecule has 0 spiro atoms. The first-order valence-electron chi connectivity index (χ1n) is 24.9. The summed E-state index contributed by atoms with van der Waals surface area (Å²) in [6.45, 7) is 13.7. The van der Waals surface area contributed by atoms with Crippen molar-refractivity contribution in [3.63, 3.8) is 0 Å². The average Bonchev–Trinajstić information content (AvgIpc) is 3.77. The molecular weight excluding hydrogens is 845 g/mol. The highest BCUT2D eigenvalue weighted by Crippen LogP contribution is 2.53. The van der Waals surface area contributed by atoms with Gasteiger partial charge in [-0.05, 0) is 171 Å². The third kappa shape index (κ3) is 7.42. The van der Waals surface area contributed by atoms with Crippen LogP contribution in [0.2, 0.25) is 0 Å². The van der Waals surface area contributed by atoms with Gasteiger partial charge in [0.1, 0.15) is 0 Å².